The molecule has 6 heteroatoms. The first-order valence-corrected chi connectivity index (χ1v) is 7.12. The van der Waals surface area contributed by atoms with E-state index in [2.05, 4.69) is 17.0 Å². The Hall–Kier alpha value is -1.69. The largest absolute Gasteiger partial charge is 0.325 e. The molecule has 102 valence electrons. The summed E-state index contributed by atoms with van der Waals surface area (Å²) in [5, 5.41) is 7.24. The van der Waals surface area contributed by atoms with Crippen LogP contribution in [0.4, 0.5) is 0 Å². The molecule has 0 N–H and O–H groups in total. The van der Waals surface area contributed by atoms with Gasteiger partial charge in [0.05, 0.1) is 21.6 Å². The average molecular weight is 278 g/mol. The van der Waals surface area contributed by atoms with Crippen molar-refractivity contribution in [2.75, 3.05) is 13.6 Å². The van der Waals surface area contributed by atoms with Crippen molar-refractivity contribution in [1.82, 2.24) is 14.6 Å². The number of hydrogen-bond acceptors (Lipinski definition) is 5. The van der Waals surface area contributed by atoms with Crippen LogP contribution in [0.15, 0.2) is 5.10 Å². The van der Waals surface area contributed by atoms with Crippen LogP contribution in [0.1, 0.15) is 34.9 Å². The maximum absolute atomic E-state index is 11.3. The summed E-state index contributed by atoms with van der Waals surface area (Å²) < 4.78 is 2.88. The zero-order valence-electron chi connectivity index (χ0n) is 11.7. The van der Waals surface area contributed by atoms with E-state index >= 15 is 0 Å². The minimum atomic E-state index is 0.629. The topological polar surface area (TPSA) is 50.5 Å². The van der Waals surface area contributed by atoms with Gasteiger partial charge in [-0.2, -0.15) is 5.10 Å². The molecule has 0 unspecified atom stereocenters. The third-order valence-electron chi connectivity index (χ3n) is 3.11. The van der Waals surface area contributed by atoms with E-state index in [0.29, 0.717) is 5.69 Å². The Morgan fingerprint density at radius 3 is 2.79 bits per heavy atom. The standard InChI is InChI=1S/C13H18N4OS/c1-5-11-15-13-12(19-11)9(7-14-16(3)6-2)10(8-18)17(13)4/h7-8H,5-6H2,1-4H3/b14-7-. The summed E-state index contributed by atoms with van der Waals surface area (Å²) in [6, 6.07) is 0. The average Bonchev–Trinajstić information content (AvgIpc) is 2.94. The number of carbonyl (C=O) groups excluding carboxylic acids is 1. The molecule has 5 nitrogen and oxygen atoms in total. The van der Waals surface area contributed by atoms with Crippen molar-refractivity contribution in [2.45, 2.75) is 20.3 Å². The number of aromatic nitrogens is 2. The van der Waals surface area contributed by atoms with Crippen molar-refractivity contribution in [3.8, 4) is 0 Å². The van der Waals surface area contributed by atoms with Crippen LogP contribution in [0.3, 0.4) is 0 Å². The molecular weight excluding hydrogens is 260 g/mol. The molecule has 0 atom stereocenters. The second-order valence-corrected chi connectivity index (χ2v) is 5.39. The quantitative estimate of drug-likeness (QED) is 0.479. The lowest BCUT2D eigenvalue weighted by Gasteiger charge is -2.07. The Morgan fingerprint density at radius 2 is 2.21 bits per heavy atom. The first kappa shape index (κ1) is 13.7. The molecule has 0 fully saturated rings. The monoisotopic (exact) mass is 278 g/mol. The molecule has 0 spiro atoms. The molecule has 19 heavy (non-hydrogen) atoms. The van der Waals surface area contributed by atoms with Gasteiger partial charge in [0.25, 0.3) is 0 Å². The Kier molecular flexibility index (Phi) is 3.99. The zero-order valence-corrected chi connectivity index (χ0v) is 12.5. The lowest BCUT2D eigenvalue weighted by molar-refractivity contribution is 0.111. The van der Waals surface area contributed by atoms with E-state index in [1.807, 2.05) is 30.6 Å². The number of carbonyl (C=O) groups is 1. The highest BCUT2D eigenvalue weighted by molar-refractivity contribution is 7.19. The molecule has 0 aliphatic carbocycles. The molecule has 0 saturated carbocycles. The van der Waals surface area contributed by atoms with Crippen molar-refractivity contribution in [2.24, 2.45) is 12.1 Å². The molecule has 0 aromatic carbocycles. The van der Waals surface area contributed by atoms with Crippen LogP contribution in [-0.4, -0.2) is 40.7 Å². The molecule has 0 bridgehead atoms. The molecule has 0 radical (unpaired) electrons. The highest BCUT2D eigenvalue weighted by atomic mass is 32.1. The van der Waals surface area contributed by atoms with Gasteiger partial charge in [-0.25, -0.2) is 4.98 Å². The molecule has 0 saturated heterocycles. The predicted molar refractivity (Wildman–Crippen MR) is 79.3 cm³/mol. The number of hydrazone groups is 1. The number of aryl methyl sites for hydroxylation is 2. The maximum Gasteiger partial charge on any atom is 0.167 e. The van der Waals surface area contributed by atoms with Gasteiger partial charge in [-0.3, -0.25) is 4.79 Å². The molecule has 2 aromatic heterocycles. The first-order chi connectivity index (χ1) is 9.12. The second kappa shape index (κ2) is 5.52. The molecule has 0 aliphatic rings. The molecule has 0 amide bonds. The van der Waals surface area contributed by atoms with Crippen LogP contribution in [0.5, 0.6) is 0 Å². The molecule has 0 aliphatic heterocycles. The number of nitrogens with zero attached hydrogens (tertiary/aromatic N) is 4. The lowest BCUT2D eigenvalue weighted by Crippen LogP contribution is -2.09. The molecular formula is C13H18N4OS. The SMILES string of the molecule is CCc1nc2c(s1)c(/C=N\N(C)CC)c(C=O)n2C. The summed E-state index contributed by atoms with van der Waals surface area (Å²) in [6.45, 7) is 4.93. The van der Waals surface area contributed by atoms with Gasteiger partial charge < -0.3 is 9.58 Å². The normalized spacial score (nSPS) is 11.6. The van der Waals surface area contributed by atoms with Crippen LogP contribution in [0, 0.1) is 0 Å². The molecule has 2 rings (SSSR count). The van der Waals surface area contributed by atoms with Gasteiger partial charge in [-0.15, -0.1) is 11.3 Å². The first-order valence-electron chi connectivity index (χ1n) is 6.30. The molecule has 2 aromatic rings. The highest BCUT2D eigenvalue weighted by Crippen LogP contribution is 2.29. The van der Waals surface area contributed by atoms with Crippen molar-refractivity contribution in [1.29, 1.82) is 0 Å². The summed E-state index contributed by atoms with van der Waals surface area (Å²) in [4.78, 5) is 15.8. The van der Waals surface area contributed by atoms with E-state index in [9.17, 15) is 4.79 Å². The van der Waals surface area contributed by atoms with Crippen molar-refractivity contribution < 1.29 is 4.79 Å². The van der Waals surface area contributed by atoms with Crippen LogP contribution >= 0.6 is 11.3 Å². The van der Waals surface area contributed by atoms with Crippen LogP contribution in [0.2, 0.25) is 0 Å². The van der Waals surface area contributed by atoms with Gasteiger partial charge in [0, 0.05) is 26.2 Å². The van der Waals surface area contributed by atoms with Gasteiger partial charge in [0.1, 0.15) is 0 Å². The van der Waals surface area contributed by atoms with Gasteiger partial charge in [-0.1, -0.05) is 6.92 Å². The number of aldehydes is 1. The fourth-order valence-corrected chi connectivity index (χ4v) is 2.88. The van der Waals surface area contributed by atoms with Crippen LogP contribution in [0.25, 0.3) is 10.3 Å². The van der Waals surface area contributed by atoms with E-state index < -0.39 is 0 Å². The minimum Gasteiger partial charge on any atom is -0.325 e. The summed E-state index contributed by atoms with van der Waals surface area (Å²) in [5.41, 5.74) is 2.36. The number of thiazole rings is 1. The van der Waals surface area contributed by atoms with Gasteiger partial charge in [-0.05, 0) is 13.3 Å². The zero-order chi connectivity index (χ0) is 14.0. The van der Waals surface area contributed by atoms with Crippen molar-refractivity contribution in [3.63, 3.8) is 0 Å². The fraction of sp³-hybridized carbons (Fsp3) is 0.462. The second-order valence-electron chi connectivity index (χ2n) is 4.31. The number of fused-ring (bicyclic) bond motifs is 1. The van der Waals surface area contributed by atoms with E-state index in [1.165, 1.54) is 0 Å². The Bertz CT molecular complexity index is 626. The summed E-state index contributed by atoms with van der Waals surface area (Å²) in [7, 11) is 3.77. The van der Waals surface area contributed by atoms with Crippen molar-refractivity contribution >= 4 is 34.2 Å². The predicted octanol–water partition coefficient (Wildman–Crippen LogP) is 2.30. The lowest BCUT2D eigenvalue weighted by atomic mass is 10.3. The Labute approximate surface area is 116 Å². The van der Waals surface area contributed by atoms with Crippen molar-refractivity contribution in [3.05, 3.63) is 16.3 Å². The summed E-state index contributed by atoms with van der Waals surface area (Å²) in [6.07, 6.45) is 3.53. The van der Waals surface area contributed by atoms with Gasteiger partial charge in [0.2, 0.25) is 0 Å². The maximum atomic E-state index is 11.3. The van der Waals surface area contributed by atoms with E-state index in [0.717, 1.165) is 40.2 Å². The number of hydrogen-bond donors (Lipinski definition) is 0. The third-order valence-corrected chi connectivity index (χ3v) is 4.33. The molecule has 2 heterocycles. The van der Waals surface area contributed by atoms with E-state index in [-0.39, 0.29) is 0 Å². The van der Waals surface area contributed by atoms with Gasteiger partial charge in [0.15, 0.2) is 11.9 Å². The van der Waals surface area contributed by atoms with Gasteiger partial charge >= 0.3 is 0 Å². The Morgan fingerprint density at radius 1 is 1.47 bits per heavy atom. The van der Waals surface area contributed by atoms with Crippen LogP contribution < -0.4 is 0 Å². The summed E-state index contributed by atoms with van der Waals surface area (Å²) >= 11 is 1.63. The number of rotatable bonds is 5. The smallest absolute Gasteiger partial charge is 0.167 e. The van der Waals surface area contributed by atoms with E-state index in [1.54, 1.807) is 17.6 Å². The fourth-order valence-electron chi connectivity index (χ4n) is 1.83. The highest BCUT2D eigenvalue weighted by Gasteiger charge is 2.17. The Balaban J connectivity index is 2.58. The van der Waals surface area contributed by atoms with E-state index in [4.69, 9.17) is 0 Å². The third kappa shape index (κ3) is 2.40. The minimum absolute atomic E-state index is 0.629. The van der Waals surface area contributed by atoms with Crippen LogP contribution in [-0.2, 0) is 13.5 Å². The summed E-state index contributed by atoms with van der Waals surface area (Å²) in [5.74, 6) is 0.